The molecule has 22 heavy (non-hydrogen) atoms. The molecule has 1 aromatic carbocycles. The molecule has 1 amide bonds. The van der Waals surface area contributed by atoms with Crippen molar-refractivity contribution < 1.29 is 9.00 Å². The lowest BCUT2D eigenvalue weighted by Crippen LogP contribution is -2.16. The van der Waals surface area contributed by atoms with Gasteiger partial charge in [0.05, 0.1) is 11.2 Å². The van der Waals surface area contributed by atoms with Crippen LogP contribution in [0.2, 0.25) is 5.02 Å². The molecule has 0 aliphatic carbocycles. The summed E-state index contributed by atoms with van der Waals surface area (Å²) < 4.78 is 11.3. The lowest BCUT2D eigenvalue weighted by Gasteiger charge is -2.09. The molecule has 0 spiro atoms. The summed E-state index contributed by atoms with van der Waals surface area (Å²) in [5.74, 6) is 0.258. The summed E-state index contributed by atoms with van der Waals surface area (Å²) in [4.78, 5) is 21.3. The summed E-state index contributed by atoms with van der Waals surface area (Å²) in [5, 5.41) is 2.92. The highest BCUT2D eigenvalue weighted by molar-refractivity contribution is 7.84. The normalized spacial score (nSPS) is 12.2. The van der Waals surface area contributed by atoms with E-state index in [-0.39, 0.29) is 16.6 Å². The van der Waals surface area contributed by atoms with Gasteiger partial charge in [-0.3, -0.25) is 9.00 Å². The van der Waals surface area contributed by atoms with Crippen LogP contribution in [0.25, 0.3) is 0 Å². The number of hydrogen-bond donors (Lipinski definition) is 1. The summed E-state index contributed by atoms with van der Waals surface area (Å²) in [5.41, 5.74) is 0.725. The molecule has 0 fully saturated rings. The van der Waals surface area contributed by atoms with Gasteiger partial charge in [0.25, 0.3) is 5.91 Å². The van der Waals surface area contributed by atoms with E-state index in [0.29, 0.717) is 16.4 Å². The average molecular weight is 338 g/mol. The zero-order valence-electron chi connectivity index (χ0n) is 12.5. The van der Waals surface area contributed by atoms with Crippen molar-refractivity contribution in [2.45, 2.75) is 24.7 Å². The van der Waals surface area contributed by atoms with Gasteiger partial charge >= 0.3 is 0 Å². The Bertz CT molecular complexity index is 717. The number of amides is 1. The fourth-order valence-corrected chi connectivity index (χ4v) is 2.43. The van der Waals surface area contributed by atoms with Crippen LogP contribution < -0.4 is 5.32 Å². The molecule has 1 aromatic heterocycles. The molecule has 1 atom stereocenters. The third kappa shape index (κ3) is 3.90. The highest BCUT2D eigenvalue weighted by Crippen LogP contribution is 2.18. The molecule has 1 N–H and O–H groups in total. The molecule has 2 rings (SSSR count). The number of carbonyl (C=O) groups is 1. The number of carbonyl (C=O) groups excluding carboxylic acids is 1. The van der Waals surface area contributed by atoms with Gasteiger partial charge in [-0.2, -0.15) is 0 Å². The van der Waals surface area contributed by atoms with Crippen molar-refractivity contribution in [2.75, 3.05) is 11.6 Å². The lowest BCUT2D eigenvalue weighted by atomic mass is 10.2. The van der Waals surface area contributed by atoms with Crippen LogP contribution in [0.15, 0.2) is 35.4 Å². The first-order chi connectivity index (χ1) is 10.4. The quantitative estimate of drug-likeness (QED) is 0.929. The Balaban J connectivity index is 2.21. The van der Waals surface area contributed by atoms with Crippen LogP contribution in [0.4, 0.5) is 5.69 Å². The van der Waals surface area contributed by atoms with Crippen LogP contribution in [0, 0.1) is 0 Å². The SMILES string of the molecule is CC(C)c1ncc(Cl)c(C(=O)Nc2ccc([S@@](C)=O)cc2)n1. The fraction of sp³-hybridized carbons (Fsp3) is 0.267. The van der Waals surface area contributed by atoms with Gasteiger partial charge in [-0.15, -0.1) is 0 Å². The Hall–Kier alpha value is -1.79. The summed E-state index contributed by atoms with van der Waals surface area (Å²) in [6, 6.07) is 6.78. The van der Waals surface area contributed by atoms with E-state index < -0.39 is 16.7 Å². The van der Waals surface area contributed by atoms with Crippen LogP contribution in [-0.4, -0.2) is 26.3 Å². The molecule has 0 radical (unpaired) electrons. The molecule has 0 saturated carbocycles. The van der Waals surface area contributed by atoms with E-state index >= 15 is 0 Å². The fourth-order valence-electron chi connectivity index (χ4n) is 1.74. The summed E-state index contributed by atoms with van der Waals surface area (Å²) in [6.45, 7) is 3.88. The highest BCUT2D eigenvalue weighted by atomic mass is 35.5. The molecular formula is C15H16ClN3O2S. The van der Waals surface area contributed by atoms with Crippen LogP contribution in [0.5, 0.6) is 0 Å². The largest absolute Gasteiger partial charge is 0.321 e. The molecule has 0 unspecified atom stereocenters. The molecule has 0 bridgehead atoms. The van der Waals surface area contributed by atoms with Gasteiger partial charge in [0.15, 0.2) is 5.69 Å². The maximum Gasteiger partial charge on any atom is 0.275 e. The minimum atomic E-state index is -1.05. The molecular weight excluding hydrogens is 322 g/mol. The van der Waals surface area contributed by atoms with Crippen LogP contribution >= 0.6 is 11.6 Å². The maximum absolute atomic E-state index is 12.3. The smallest absolute Gasteiger partial charge is 0.275 e. The summed E-state index contributed by atoms with van der Waals surface area (Å²) >= 11 is 6.00. The first-order valence-electron chi connectivity index (χ1n) is 6.65. The maximum atomic E-state index is 12.3. The molecule has 5 nitrogen and oxygen atoms in total. The van der Waals surface area contributed by atoms with Crippen molar-refractivity contribution in [3.8, 4) is 0 Å². The predicted molar refractivity (Wildman–Crippen MR) is 87.9 cm³/mol. The molecule has 0 aliphatic heterocycles. The second-order valence-electron chi connectivity index (χ2n) is 5.01. The van der Waals surface area contributed by atoms with Gasteiger partial charge in [0, 0.05) is 33.6 Å². The van der Waals surface area contributed by atoms with Crippen molar-refractivity contribution in [2.24, 2.45) is 0 Å². The number of halogens is 1. The second kappa shape index (κ2) is 6.98. The Morgan fingerprint density at radius 1 is 1.27 bits per heavy atom. The lowest BCUT2D eigenvalue weighted by molar-refractivity contribution is 0.102. The number of anilines is 1. The van der Waals surface area contributed by atoms with E-state index in [1.54, 1.807) is 30.5 Å². The Kier molecular flexibility index (Phi) is 5.26. The Labute approximate surface area is 136 Å². The average Bonchev–Trinajstić information content (AvgIpc) is 2.47. The van der Waals surface area contributed by atoms with Crippen molar-refractivity contribution in [3.05, 3.63) is 47.0 Å². The third-order valence-corrected chi connectivity index (χ3v) is 4.15. The molecule has 2 aromatic rings. The first-order valence-corrected chi connectivity index (χ1v) is 8.59. The first kappa shape index (κ1) is 16.6. The number of rotatable bonds is 4. The summed E-state index contributed by atoms with van der Waals surface area (Å²) in [7, 11) is -1.05. The van der Waals surface area contributed by atoms with E-state index in [0.717, 1.165) is 0 Å². The van der Waals surface area contributed by atoms with Crippen molar-refractivity contribution in [3.63, 3.8) is 0 Å². The predicted octanol–water partition coefficient (Wildman–Crippen LogP) is 3.24. The third-order valence-electron chi connectivity index (χ3n) is 2.94. The van der Waals surface area contributed by atoms with Crippen LogP contribution in [0.3, 0.4) is 0 Å². The number of nitrogens with zero attached hydrogens (tertiary/aromatic N) is 2. The Morgan fingerprint density at radius 3 is 2.45 bits per heavy atom. The van der Waals surface area contributed by atoms with E-state index in [1.165, 1.54) is 6.20 Å². The molecule has 0 saturated heterocycles. The second-order valence-corrected chi connectivity index (χ2v) is 6.80. The minimum absolute atomic E-state index is 0.0997. The number of hydrogen-bond acceptors (Lipinski definition) is 4. The summed E-state index contributed by atoms with van der Waals surface area (Å²) in [6.07, 6.45) is 3.03. The molecule has 7 heteroatoms. The Morgan fingerprint density at radius 2 is 1.91 bits per heavy atom. The van der Waals surface area contributed by atoms with Gasteiger partial charge in [-0.05, 0) is 24.3 Å². The zero-order chi connectivity index (χ0) is 16.3. The van der Waals surface area contributed by atoms with Gasteiger partial charge in [0.2, 0.25) is 0 Å². The van der Waals surface area contributed by atoms with Crippen molar-refractivity contribution in [1.29, 1.82) is 0 Å². The van der Waals surface area contributed by atoms with Crippen LogP contribution in [-0.2, 0) is 10.8 Å². The number of benzene rings is 1. The molecule has 0 aliphatic rings. The van der Waals surface area contributed by atoms with E-state index in [9.17, 15) is 9.00 Å². The number of aromatic nitrogens is 2. The van der Waals surface area contributed by atoms with E-state index in [4.69, 9.17) is 11.6 Å². The van der Waals surface area contributed by atoms with Crippen molar-refractivity contribution in [1.82, 2.24) is 9.97 Å². The van der Waals surface area contributed by atoms with Gasteiger partial charge in [-0.1, -0.05) is 25.4 Å². The minimum Gasteiger partial charge on any atom is -0.321 e. The standard InChI is InChI=1S/C15H16ClN3O2S/c1-9(2)14-17-8-12(16)13(19-14)15(20)18-10-4-6-11(7-5-10)22(3)21/h4-9H,1-3H3,(H,18,20)/t22-/m1/s1. The van der Waals surface area contributed by atoms with Crippen molar-refractivity contribution >= 4 is 34.0 Å². The number of nitrogens with one attached hydrogen (secondary N) is 1. The van der Waals surface area contributed by atoms with E-state index in [1.807, 2.05) is 13.8 Å². The van der Waals surface area contributed by atoms with Crippen LogP contribution in [0.1, 0.15) is 36.1 Å². The monoisotopic (exact) mass is 337 g/mol. The zero-order valence-corrected chi connectivity index (χ0v) is 14.0. The highest BCUT2D eigenvalue weighted by Gasteiger charge is 2.15. The topological polar surface area (TPSA) is 72.0 Å². The van der Waals surface area contributed by atoms with Gasteiger partial charge in [0.1, 0.15) is 5.82 Å². The molecule has 116 valence electrons. The van der Waals surface area contributed by atoms with E-state index in [2.05, 4.69) is 15.3 Å². The van der Waals surface area contributed by atoms with Gasteiger partial charge in [-0.25, -0.2) is 9.97 Å². The van der Waals surface area contributed by atoms with Gasteiger partial charge < -0.3 is 5.32 Å². The molecule has 1 heterocycles.